The van der Waals surface area contributed by atoms with E-state index in [1.807, 2.05) is 26.0 Å². The summed E-state index contributed by atoms with van der Waals surface area (Å²) in [5.74, 6) is 1.17. The molecule has 0 aliphatic rings. The van der Waals surface area contributed by atoms with Crippen molar-refractivity contribution in [2.75, 3.05) is 13.2 Å². The fourth-order valence-corrected chi connectivity index (χ4v) is 2.02. The topological polar surface area (TPSA) is 35.5 Å². The second kappa shape index (κ2) is 7.14. The zero-order chi connectivity index (χ0) is 15.2. The van der Waals surface area contributed by atoms with Crippen LogP contribution in [0.25, 0.3) is 0 Å². The first kappa shape index (κ1) is 15.4. The van der Waals surface area contributed by atoms with Gasteiger partial charge < -0.3 is 9.47 Å². The summed E-state index contributed by atoms with van der Waals surface area (Å²) in [4.78, 5) is 12.1. The Hall–Kier alpha value is -2.00. The number of aryl methyl sites for hydroxylation is 1. The van der Waals surface area contributed by atoms with E-state index in [1.54, 1.807) is 30.3 Å². The van der Waals surface area contributed by atoms with E-state index in [0.717, 1.165) is 11.3 Å². The third-order valence-electron chi connectivity index (χ3n) is 2.93. The molecule has 0 saturated carbocycles. The molecule has 0 amide bonds. The number of hydrogen-bond donors (Lipinski definition) is 0. The Morgan fingerprint density at radius 3 is 2.48 bits per heavy atom. The molecule has 0 N–H and O–H groups in total. The Bertz CT molecular complexity index is 620. The molecule has 0 saturated heterocycles. The zero-order valence-corrected chi connectivity index (χ0v) is 12.8. The van der Waals surface area contributed by atoms with Crippen molar-refractivity contribution >= 4 is 17.4 Å². The van der Waals surface area contributed by atoms with Crippen molar-refractivity contribution in [3.05, 3.63) is 58.6 Å². The molecule has 0 spiro atoms. The largest absolute Gasteiger partial charge is 0.494 e. The second-order valence-electron chi connectivity index (χ2n) is 4.60. The molecule has 4 heteroatoms. The van der Waals surface area contributed by atoms with Gasteiger partial charge in [0.25, 0.3) is 0 Å². The standard InChI is InChI=1S/C17H17ClO3/c1-3-20-14-7-5-13(6-8-14)16(19)11-21-17-10-12(2)4-9-15(17)18/h4-10H,3,11H2,1-2H3. The molecule has 0 aliphatic carbocycles. The highest BCUT2D eigenvalue weighted by Gasteiger charge is 2.09. The minimum Gasteiger partial charge on any atom is -0.494 e. The van der Waals surface area contributed by atoms with Crippen LogP contribution in [0, 0.1) is 6.92 Å². The Balaban J connectivity index is 1.99. The average Bonchev–Trinajstić information content (AvgIpc) is 2.49. The number of carbonyl (C=O) groups is 1. The van der Waals surface area contributed by atoms with Gasteiger partial charge in [0.15, 0.2) is 12.4 Å². The van der Waals surface area contributed by atoms with Crippen molar-refractivity contribution in [1.82, 2.24) is 0 Å². The van der Waals surface area contributed by atoms with E-state index in [4.69, 9.17) is 21.1 Å². The molecule has 3 nitrogen and oxygen atoms in total. The Morgan fingerprint density at radius 2 is 1.81 bits per heavy atom. The third kappa shape index (κ3) is 4.23. The molecule has 0 bridgehead atoms. The number of ether oxygens (including phenoxy) is 2. The number of carbonyl (C=O) groups excluding carboxylic acids is 1. The van der Waals surface area contributed by atoms with E-state index in [9.17, 15) is 4.79 Å². The van der Waals surface area contributed by atoms with Crippen LogP contribution in [0.4, 0.5) is 0 Å². The average molecular weight is 305 g/mol. The molecule has 2 rings (SSSR count). The van der Waals surface area contributed by atoms with Crippen LogP contribution in [0.5, 0.6) is 11.5 Å². The maximum Gasteiger partial charge on any atom is 0.200 e. The molecule has 0 unspecified atom stereocenters. The van der Waals surface area contributed by atoms with Crippen LogP contribution in [0.3, 0.4) is 0 Å². The van der Waals surface area contributed by atoms with Gasteiger partial charge in [0, 0.05) is 5.56 Å². The van der Waals surface area contributed by atoms with E-state index in [1.165, 1.54) is 0 Å². The van der Waals surface area contributed by atoms with Gasteiger partial charge in [0.1, 0.15) is 11.5 Å². The number of benzene rings is 2. The molecule has 110 valence electrons. The van der Waals surface area contributed by atoms with Crippen LogP contribution in [0.1, 0.15) is 22.8 Å². The van der Waals surface area contributed by atoms with Crippen LogP contribution in [0.15, 0.2) is 42.5 Å². The molecule has 0 heterocycles. The van der Waals surface area contributed by atoms with Crippen LogP contribution in [-0.2, 0) is 0 Å². The van der Waals surface area contributed by atoms with E-state index < -0.39 is 0 Å². The van der Waals surface area contributed by atoms with Gasteiger partial charge in [-0.05, 0) is 55.8 Å². The molecule has 2 aromatic carbocycles. The number of hydrogen-bond acceptors (Lipinski definition) is 3. The lowest BCUT2D eigenvalue weighted by molar-refractivity contribution is 0.0921. The van der Waals surface area contributed by atoms with Gasteiger partial charge in [-0.25, -0.2) is 0 Å². The lowest BCUT2D eigenvalue weighted by Crippen LogP contribution is -2.11. The van der Waals surface area contributed by atoms with Gasteiger partial charge in [-0.2, -0.15) is 0 Å². The van der Waals surface area contributed by atoms with Crippen molar-refractivity contribution in [2.45, 2.75) is 13.8 Å². The lowest BCUT2D eigenvalue weighted by Gasteiger charge is -2.09. The van der Waals surface area contributed by atoms with Crippen molar-refractivity contribution in [3.8, 4) is 11.5 Å². The Morgan fingerprint density at radius 1 is 1.10 bits per heavy atom. The number of rotatable bonds is 6. The predicted molar refractivity (Wildman–Crippen MR) is 83.6 cm³/mol. The van der Waals surface area contributed by atoms with Crippen molar-refractivity contribution in [2.24, 2.45) is 0 Å². The minimum atomic E-state index is -0.101. The van der Waals surface area contributed by atoms with E-state index in [0.29, 0.717) is 22.9 Å². The smallest absolute Gasteiger partial charge is 0.200 e. The van der Waals surface area contributed by atoms with Gasteiger partial charge in [-0.3, -0.25) is 4.79 Å². The summed E-state index contributed by atoms with van der Waals surface area (Å²) in [5, 5.41) is 0.500. The van der Waals surface area contributed by atoms with E-state index in [2.05, 4.69) is 0 Å². The summed E-state index contributed by atoms with van der Waals surface area (Å²) < 4.78 is 10.8. The molecule has 0 aliphatic heterocycles. The van der Waals surface area contributed by atoms with E-state index >= 15 is 0 Å². The first-order chi connectivity index (χ1) is 10.1. The summed E-state index contributed by atoms with van der Waals surface area (Å²) in [6, 6.07) is 12.5. The van der Waals surface area contributed by atoms with Gasteiger partial charge in [-0.15, -0.1) is 0 Å². The first-order valence-electron chi connectivity index (χ1n) is 6.75. The van der Waals surface area contributed by atoms with Gasteiger partial charge in [0.05, 0.1) is 11.6 Å². The summed E-state index contributed by atoms with van der Waals surface area (Å²) >= 11 is 6.03. The molecule has 0 fully saturated rings. The quantitative estimate of drug-likeness (QED) is 0.746. The second-order valence-corrected chi connectivity index (χ2v) is 5.01. The van der Waals surface area contributed by atoms with Crippen LogP contribution >= 0.6 is 11.6 Å². The molecule has 0 aromatic heterocycles. The van der Waals surface area contributed by atoms with Crippen LogP contribution in [-0.4, -0.2) is 19.0 Å². The third-order valence-corrected chi connectivity index (χ3v) is 3.25. The number of Topliss-reactive ketones (excluding diaryl/α,β-unsaturated/α-hetero) is 1. The van der Waals surface area contributed by atoms with Crippen molar-refractivity contribution < 1.29 is 14.3 Å². The van der Waals surface area contributed by atoms with Crippen LogP contribution < -0.4 is 9.47 Å². The zero-order valence-electron chi connectivity index (χ0n) is 12.1. The Labute approximate surface area is 129 Å². The highest BCUT2D eigenvalue weighted by atomic mass is 35.5. The highest BCUT2D eigenvalue weighted by molar-refractivity contribution is 6.32. The Kier molecular flexibility index (Phi) is 5.23. The van der Waals surface area contributed by atoms with Crippen molar-refractivity contribution in [1.29, 1.82) is 0 Å². The molecule has 0 atom stereocenters. The molecular weight excluding hydrogens is 288 g/mol. The molecule has 0 radical (unpaired) electrons. The maximum atomic E-state index is 12.1. The lowest BCUT2D eigenvalue weighted by atomic mass is 10.1. The van der Waals surface area contributed by atoms with Gasteiger partial charge >= 0.3 is 0 Å². The summed E-state index contributed by atoms with van der Waals surface area (Å²) in [7, 11) is 0. The number of halogens is 1. The SMILES string of the molecule is CCOc1ccc(C(=O)COc2cc(C)ccc2Cl)cc1. The molecule has 2 aromatic rings. The predicted octanol–water partition coefficient (Wildman–Crippen LogP) is 4.31. The summed E-state index contributed by atoms with van der Waals surface area (Å²) in [6.45, 7) is 4.41. The minimum absolute atomic E-state index is 0.0445. The normalized spacial score (nSPS) is 10.2. The van der Waals surface area contributed by atoms with Gasteiger partial charge in [-0.1, -0.05) is 17.7 Å². The summed E-state index contributed by atoms with van der Waals surface area (Å²) in [5.41, 5.74) is 1.62. The fourth-order valence-electron chi connectivity index (χ4n) is 1.85. The van der Waals surface area contributed by atoms with Crippen LogP contribution in [0.2, 0.25) is 5.02 Å². The fraction of sp³-hybridized carbons (Fsp3) is 0.235. The van der Waals surface area contributed by atoms with Crippen molar-refractivity contribution in [3.63, 3.8) is 0 Å². The monoisotopic (exact) mass is 304 g/mol. The molecular formula is C17H17ClO3. The van der Waals surface area contributed by atoms with E-state index in [-0.39, 0.29) is 12.4 Å². The molecule has 21 heavy (non-hydrogen) atoms. The number of ketones is 1. The highest BCUT2D eigenvalue weighted by Crippen LogP contribution is 2.25. The maximum absolute atomic E-state index is 12.1. The first-order valence-corrected chi connectivity index (χ1v) is 7.13. The summed E-state index contributed by atoms with van der Waals surface area (Å²) in [6.07, 6.45) is 0. The van der Waals surface area contributed by atoms with Gasteiger partial charge in [0.2, 0.25) is 0 Å².